The summed E-state index contributed by atoms with van der Waals surface area (Å²) >= 11 is 1.18. The van der Waals surface area contributed by atoms with Gasteiger partial charge in [-0.15, -0.1) is 0 Å². The topological polar surface area (TPSA) is 120 Å². The van der Waals surface area contributed by atoms with E-state index in [2.05, 4.69) is 17.2 Å². The zero-order chi connectivity index (χ0) is 25.5. The van der Waals surface area contributed by atoms with E-state index in [4.69, 9.17) is 15.2 Å². The highest BCUT2D eigenvalue weighted by atomic mass is 32.7. The molecule has 3 rings (SSSR count). The average molecular weight is 518 g/mol. The van der Waals surface area contributed by atoms with Crippen LogP contribution >= 0.6 is 17.7 Å². The number of anilines is 1. The molecule has 8 nitrogen and oxygen atoms in total. The van der Waals surface area contributed by atoms with Gasteiger partial charge < -0.3 is 30.4 Å². The molecule has 1 fully saturated rings. The molecular formula is C25H32N3O5PS. The third-order valence-corrected chi connectivity index (χ3v) is 11.9. The maximum Gasteiger partial charge on any atom is 0.232 e. The Hall–Kier alpha value is -2.74. The Labute approximate surface area is 210 Å². The number of benzene rings is 2. The Bertz CT molecular complexity index is 1100. The molecule has 35 heavy (non-hydrogen) atoms. The molecule has 2 amide bonds. The van der Waals surface area contributed by atoms with Crippen molar-refractivity contribution in [1.82, 2.24) is 5.32 Å². The van der Waals surface area contributed by atoms with Crippen LogP contribution in [0.2, 0.25) is 0 Å². The Morgan fingerprint density at radius 2 is 1.77 bits per heavy atom. The van der Waals surface area contributed by atoms with Crippen LogP contribution in [0.25, 0.3) is 5.70 Å². The maximum atomic E-state index is 13.6. The molecule has 0 spiro atoms. The zero-order valence-electron chi connectivity index (χ0n) is 20.0. The van der Waals surface area contributed by atoms with Crippen LogP contribution in [0.15, 0.2) is 60.0 Å². The van der Waals surface area contributed by atoms with Crippen LogP contribution in [0.5, 0.6) is 5.75 Å². The quantitative estimate of drug-likeness (QED) is 0.380. The molecule has 1 heterocycles. The third kappa shape index (κ3) is 6.69. The van der Waals surface area contributed by atoms with E-state index >= 15 is 0 Å². The number of carbonyl (C=O) groups excluding carboxylic acids is 2. The van der Waals surface area contributed by atoms with Crippen molar-refractivity contribution in [2.75, 3.05) is 38.8 Å². The highest BCUT2D eigenvalue weighted by Gasteiger charge is 2.51. The standard InChI is InChI=1S/C25H32N3O5PS/c1-18(19-4-8-21(32-2)9-5-19)27-15-12-23(29)28-20-6-10-22(11-7-20)35-34(3,31)25(24(26)30)13-16-33-17-14-25/h4-11,27H,1,12-17H2,2-3H3,(H2,26,30)(H,28,29). The molecule has 1 saturated heterocycles. The highest BCUT2D eigenvalue weighted by molar-refractivity contribution is 8.58. The lowest BCUT2D eigenvalue weighted by Crippen LogP contribution is -2.47. The van der Waals surface area contributed by atoms with Crippen LogP contribution in [0.1, 0.15) is 24.8 Å². The molecule has 0 saturated carbocycles. The summed E-state index contributed by atoms with van der Waals surface area (Å²) in [4.78, 5) is 25.3. The number of carbonyl (C=O) groups is 2. The number of nitrogens with one attached hydrogen (secondary N) is 2. The summed E-state index contributed by atoms with van der Waals surface area (Å²) in [5, 5.41) is 4.95. The van der Waals surface area contributed by atoms with Crippen LogP contribution < -0.4 is 21.1 Å². The smallest absolute Gasteiger partial charge is 0.232 e. The van der Waals surface area contributed by atoms with Gasteiger partial charge in [-0.05, 0) is 73.6 Å². The Balaban J connectivity index is 1.50. The van der Waals surface area contributed by atoms with Gasteiger partial charge in [-0.25, -0.2) is 0 Å². The lowest BCUT2D eigenvalue weighted by molar-refractivity contribution is -0.123. The van der Waals surface area contributed by atoms with Crippen molar-refractivity contribution in [3.63, 3.8) is 0 Å². The fourth-order valence-electron chi connectivity index (χ4n) is 3.89. The molecule has 1 unspecified atom stereocenters. The zero-order valence-corrected chi connectivity index (χ0v) is 21.8. The average Bonchev–Trinajstić information content (AvgIpc) is 2.85. The van der Waals surface area contributed by atoms with Gasteiger partial charge in [0.05, 0.1) is 7.11 Å². The van der Waals surface area contributed by atoms with Crippen molar-refractivity contribution >= 4 is 40.9 Å². The van der Waals surface area contributed by atoms with Gasteiger partial charge in [-0.1, -0.05) is 18.0 Å². The first-order valence-electron chi connectivity index (χ1n) is 11.3. The molecular weight excluding hydrogens is 485 g/mol. The van der Waals surface area contributed by atoms with Crippen molar-refractivity contribution in [3.05, 3.63) is 60.7 Å². The van der Waals surface area contributed by atoms with Gasteiger partial charge in [-0.2, -0.15) is 0 Å². The molecule has 188 valence electrons. The number of rotatable bonds is 11. The summed E-state index contributed by atoms with van der Waals surface area (Å²) in [7, 11) is 1.61. The summed E-state index contributed by atoms with van der Waals surface area (Å²) in [5.74, 6) is 0.0887. The molecule has 1 aliphatic heterocycles. The number of amides is 2. The van der Waals surface area contributed by atoms with Gasteiger partial charge in [0.1, 0.15) is 10.9 Å². The summed E-state index contributed by atoms with van der Waals surface area (Å²) in [6, 6.07) is 14.6. The second-order valence-electron chi connectivity index (χ2n) is 8.40. The summed E-state index contributed by atoms with van der Waals surface area (Å²) in [6.45, 7) is 6.80. The first kappa shape index (κ1) is 26.9. The Morgan fingerprint density at radius 3 is 2.34 bits per heavy atom. The molecule has 10 heteroatoms. The van der Waals surface area contributed by atoms with E-state index in [1.54, 1.807) is 38.0 Å². The molecule has 4 N–H and O–H groups in total. The number of nitrogens with two attached hydrogens (primary N) is 1. The molecule has 2 aromatic rings. The van der Waals surface area contributed by atoms with E-state index in [-0.39, 0.29) is 12.3 Å². The molecule has 0 radical (unpaired) electrons. The van der Waals surface area contributed by atoms with Crippen LogP contribution in [0.4, 0.5) is 5.69 Å². The van der Waals surface area contributed by atoms with Gasteiger partial charge >= 0.3 is 0 Å². The normalized spacial score (nSPS) is 16.5. The minimum atomic E-state index is -3.02. The van der Waals surface area contributed by atoms with Crippen LogP contribution in [-0.2, 0) is 18.9 Å². The first-order chi connectivity index (χ1) is 16.7. The Morgan fingerprint density at radius 1 is 1.14 bits per heavy atom. The first-order valence-corrected chi connectivity index (χ1v) is 14.9. The third-order valence-electron chi connectivity index (χ3n) is 6.10. The minimum Gasteiger partial charge on any atom is -0.497 e. The lowest BCUT2D eigenvalue weighted by atomic mass is 9.98. The number of methoxy groups -OCH3 is 1. The number of hydrogen-bond donors (Lipinski definition) is 3. The molecule has 0 aliphatic carbocycles. The van der Waals surface area contributed by atoms with Crippen molar-refractivity contribution in [1.29, 1.82) is 0 Å². The van der Waals surface area contributed by atoms with Crippen LogP contribution in [0.3, 0.4) is 0 Å². The van der Waals surface area contributed by atoms with E-state index in [1.165, 1.54) is 11.4 Å². The second-order valence-corrected chi connectivity index (χ2v) is 14.2. The van der Waals surface area contributed by atoms with Gasteiger partial charge in [0.2, 0.25) is 11.8 Å². The molecule has 1 aliphatic rings. The van der Waals surface area contributed by atoms with Crippen molar-refractivity contribution in [2.45, 2.75) is 29.3 Å². The van der Waals surface area contributed by atoms with Crippen LogP contribution in [-0.4, -0.2) is 50.5 Å². The molecule has 0 aromatic heterocycles. The molecule has 0 bridgehead atoms. The van der Waals surface area contributed by atoms with E-state index in [0.29, 0.717) is 38.3 Å². The van der Waals surface area contributed by atoms with Gasteiger partial charge in [-0.3, -0.25) is 9.59 Å². The summed E-state index contributed by atoms with van der Waals surface area (Å²) < 4.78 is 24.1. The van der Waals surface area contributed by atoms with E-state index in [9.17, 15) is 14.2 Å². The molecule has 1 atom stereocenters. The van der Waals surface area contributed by atoms with Gasteiger partial charge in [0.15, 0.2) is 6.34 Å². The highest BCUT2D eigenvalue weighted by Crippen LogP contribution is 2.70. The number of ether oxygens (including phenoxy) is 2. The predicted molar refractivity (Wildman–Crippen MR) is 141 cm³/mol. The van der Waals surface area contributed by atoms with Crippen molar-refractivity contribution < 1.29 is 23.6 Å². The number of primary amides is 1. The Kier molecular flexibility index (Phi) is 9.05. The summed E-state index contributed by atoms with van der Waals surface area (Å²) in [5.41, 5.74) is 7.96. The monoisotopic (exact) mass is 517 g/mol. The van der Waals surface area contributed by atoms with E-state index < -0.39 is 17.4 Å². The van der Waals surface area contributed by atoms with Gasteiger partial charge in [0, 0.05) is 42.5 Å². The fourth-order valence-corrected chi connectivity index (χ4v) is 9.04. The second kappa shape index (κ2) is 11.8. The predicted octanol–water partition coefficient (Wildman–Crippen LogP) is 4.32. The number of hydrogen-bond acceptors (Lipinski definition) is 7. The molecule has 2 aromatic carbocycles. The maximum absolute atomic E-state index is 13.6. The minimum absolute atomic E-state index is 0.142. The largest absolute Gasteiger partial charge is 0.497 e. The van der Waals surface area contributed by atoms with Crippen LogP contribution in [0, 0.1) is 0 Å². The SMILES string of the molecule is C=C(NCCC(=O)Nc1ccc(SP(C)(=O)C2(C(N)=O)CCOCC2)cc1)c1ccc(OC)cc1. The van der Waals surface area contributed by atoms with Crippen molar-refractivity contribution in [3.8, 4) is 5.75 Å². The van der Waals surface area contributed by atoms with E-state index in [1.807, 2.05) is 24.3 Å². The fraction of sp³-hybridized carbons (Fsp3) is 0.360. The lowest BCUT2D eigenvalue weighted by Gasteiger charge is -2.38. The van der Waals surface area contributed by atoms with Gasteiger partial charge in [0.25, 0.3) is 0 Å². The van der Waals surface area contributed by atoms with E-state index in [0.717, 1.165) is 21.9 Å². The van der Waals surface area contributed by atoms with Crippen molar-refractivity contribution in [2.24, 2.45) is 5.73 Å². The summed E-state index contributed by atoms with van der Waals surface area (Å²) in [6.07, 6.45) is -2.05.